The SMILES string of the molecule is NCCCCC(=O)N1N=C(c2cc(F)ccc2F)SC12CCc1ccccc12. The maximum absolute atomic E-state index is 14.4. The predicted molar refractivity (Wildman–Crippen MR) is 107 cm³/mol. The smallest absolute Gasteiger partial charge is 0.244 e. The number of carbonyl (C=O) groups is 1. The first-order valence-electron chi connectivity index (χ1n) is 9.40. The van der Waals surface area contributed by atoms with E-state index < -0.39 is 16.5 Å². The molecular weight excluding hydrogens is 380 g/mol. The van der Waals surface area contributed by atoms with Gasteiger partial charge in [-0.25, -0.2) is 13.8 Å². The van der Waals surface area contributed by atoms with Crippen LogP contribution in [0.3, 0.4) is 0 Å². The second-order valence-electron chi connectivity index (χ2n) is 7.02. The van der Waals surface area contributed by atoms with Crippen molar-refractivity contribution in [3.05, 3.63) is 70.8 Å². The van der Waals surface area contributed by atoms with Gasteiger partial charge in [-0.05, 0) is 61.6 Å². The molecule has 1 aliphatic carbocycles. The first kappa shape index (κ1) is 19.1. The molecule has 0 saturated carbocycles. The molecule has 0 radical (unpaired) electrons. The predicted octanol–water partition coefficient (Wildman–Crippen LogP) is 4.13. The third kappa shape index (κ3) is 3.22. The molecule has 7 heteroatoms. The molecule has 1 aliphatic heterocycles. The van der Waals surface area contributed by atoms with E-state index in [0.717, 1.165) is 42.2 Å². The number of thioether (sulfide) groups is 1. The van der Waals surface area contributed by atoms with E-state index in [4.69, 9.17) is 5.73 Å². The van der Waals surface area contributed by atoms with Gasteiger partial charge in [-0.3, -0.25) is 4.79 Å². The molecule has 1 atom stereocenters. The number of hydrogen-bond acceptors (Lipinski definition) is 4. The molecule has 0 aromatic heterocycles. The number of aryl methyl sites for hydroxylation is 1. The van der Waals surface area contributed by atoms with E-state index in [1.165, 1.54) is 16.8 Å². The Kier molecular flexibility index (Phi) is 5.21. The van der Waals surface area contributed by atoms with Gasteiger partial charge < -0.3 is 5.73 Å². The average molecular weight is 401 g/mol. The van der Waals surface area contributed by atoms with E-state index in [2.05, 4.69) is 5.10 Å². The van der Waals surface area contributed by atoms with Gasteiger partial charge >= 0.3 is 0 Å². The summed E-state index contributed by atoms with van der Waals surface area (Å²) < 4.78 is 28.1. The van der Waals surface area contributed by atoms with Crippen molar-refractivity contribution in [2.45, 2.75) is 37.0 Å². The van der Waals surface area contributed by atoms with Crippen LogP contribution < -0.4 is 5.73 Å². The molecule has 4 nitrogen and oxygen atoms in total. The van der Waals surface area contributed by atoms with Crippen molar-refractivity contribution in [3.8, 4) is 0 Å². The fourth-order valence-electron chi connectivity index (χ4n) is 3.83. The molecular formula is C21H21F2N3OS. The first-order chi connectivity index (χ1) is 13.5. The number of halogens is 2. The summed E-state index contributed by atoms with van der Waals surface area (Å²) >= 11 is 1.34. The molecule has 0 fully saturated rings. The molecule has 1 unspecified atom stereocenters. The van der Waals surface area contributed by atoms with E-state index >= 15 is 0 Å². The van der Waals surface area contributed by atoms with Crippen molar-refractivity contribution in [1.29, 1.82) is 0 Å². The Morgan fingerprint density at radius 2 is 2.04 bits per heavy atom. The van der Waals surface area contributed by atoms with E-state index in [0.29, 0.717) is 30.9 Å². The van der Waals surface area contributed by atoms with Crippen molar-refractivity contribution in [3.63, 3.8) is 0 Å². The highest BCUT2D eigenvalue weighted by Gasteiger charge is 2.52. The lowest BCUT2D eigenvalue weighted by Crippen LogP contribution is -2.39. The highest BCUT2D eigenvalue weighted by atomic mass is 32.2. The number of fused-ring (bicyclic) bond motifs is 2. The number of unbranched alkanes of at least 4 members (excludes halogenated alkanes) is 1. The van der Waals surface area contributed by atoms with Crippen LogP contribution in [-0.2, 0) is 16.1 Å². The molecule has 2 N–H and O–H groups in total. The van der Waals surface area contributed by atoms with E-state index in [-0.39, 0.29) is 11.5 Å². The zero-order valence-electron chi connectivity index (χ0n) is 15.3. The lowest BCUT2D eigenvalue weighted by atomic mass is 10.1. The summed E-state index contributed by atoms with van der Waals surface area (Å²) in [4.78, 5) is 12.3. The van der Waals surface area contributed by atoms with Crippen LogP contribution in [0.4, 0.5) is 8.78 Å². The second kappa shape index (κ2) is 7.64. The molecule has 2 aliphatic rings. The Morgan fingerprint density at radius 3 is 2.86 bits per heavy atom. The van der Waals surface area contributed by atoms with Gasteiger partial charge in [-0.1, -0.05) is 36.0 Å². The molecule has 1 amide bonds. The second-order valence-corrected chi connectivity index (χ2v) is 8.29. The third-order valence-electron chi connectivity index (χ3n) is 5.21. The van der Waals surface area contributed by atoms with Crippen LogP contribution in [0.2, 0.25) is 0 Å². The highest BCUT2D eigenvalue weighted by Crippen LogP contribution is 2.55. The molecule has 4 rings (SSSR count). The molecule has 28 heavy (non-hydrogen) atoms. The Bertz CT molecular complexity index is 949. The molecule has 0 bridgehead atoms. The van der Waals surface area contributed by atoms with Crippen molar-refractivity contribution in [2.24, 2.45) is 10.8 Å². The average Bonchev–Trinajstić information content (AvgIpc) is 3.26. The lowest BCUT2D eigenvalue weighted by Gasteiger charge is -2.32. The van der Waals surface area contributed by atoms with Crippen LogP contribution in [-0.4, -0.2) is 22.5 Å². The molecule has 2 aromatic carbocycles. The number of hydrogen-bond donors (Lipinski definition) is 1. The minimum absolute atomic E-state index is 0.0889. The zero-order chi connectivity index (χ0) is 19.7. The summed E-state index contributed by atoms with van der Waals surface area (Å²) in [6.07, 6.45) is 3.25. The number of hydrazone groups is 1. The Hall–Kier alpha value is -2.25. The van der Waals surface area contributed by atoms with Crippen LogP contribution in [0, 0.1) is 11.6 Å². The number of nitrogens with two attached hydrogens (primary N) is 1. The molecule has 0 saturated heterocycles. The number of benzene rings is 2. The minimum atomic E-state index is -0.704. The van der Waals surface area contributed by atoms with Crippen molar-refractivity contribution >= 4 is 22.7 Å². The largest absolute Gasteiger partial charge is 0.330 e. The van der Waals surface area contributed by atoms with Gasteiger partial charge in [0.15, 0.2) is 0 Å². The van der Waals surface area contributed by atoms with Crippen LogP contribution >= 0.6 is 11.8 Å². The van der Waals surface area contributed by atoms with Gasteiger partial charge in [0.25, 0.3) is 0 Å². The normalized spacial score (nSPS) is 20.5. The lowest BCUT2D eigenvalue weighted by molar-refractivity contribution is -0.134. The summed E-state index contributed by atoms with van der Waals surface area (Å²) in [6.45, 7) is 0.527. The summed E-state index contributed by atoms with van der Waals surface area (Å²) in [5.41, 5.74) is 7.81. The third-order valence-corrected chi connectivity index (χ3v) is 6.64. The molecule has 146 valence electrons. The topological polar surface area (TPSA) is 58.7 Å². The maximum atomic E-state index is 14.4. The van der Waals surface area contributed by atoms with Gasteiger partial charge in [0, 0.05) is 12.0 Å². The summed E-state index contributed by atoms with van der Waals surface area (Å²) in [6, 6.07) is 11.3. The van der Waals surface area contributed by atoms with Gasteiger partial charge in [0.05, 0.1) is 0 Å². The quantitative estimate of drug-likeness (QED) is 0.767. The molecule has 1 spiro atoms. The molecule has 1 heterocycles. The van der Waals surface area contributed by atoms with Gasteiger partial charge in [0.2, 0.25) is 5.91 Å². The monoisotopic (exact) mass is 401 g/mol. The highest BCUT2D eigenvalue weighted by molar-refractivity contribution is 8.15. The van der Waals surface area contributed by atoms with Crippen LogP contribution in [0.5, 0.6) is 0 Å². The Labute approximate surface area is 166 Å². The van der Waals surface area contributed by atoms with Gasteiger partial charge in [-0.2, -0.15) is 5.10 Å². The van der Waals surface area contributed by atoms with Gasteiger partial charge in [0.1, 0.15) is 21.5 Å². The first-order valence-corrected chi connectivity index (χ1v) is 10.2. The van der Waals surface area contributed by atoms with E-state index in [1.807, 2.05) is 24.3 Å². The van der Waals surface area contributed by atoms with E-state index in [1.54, 1.807) is 0 Å². The number of amides is 1. The molecule has 2 aromatic rings. The number of nitrogens with zero attached hydrogens (tertiary/aromatic N) is 2. The fraction of sp³-hybridized carbons (Fsp3) is 0.333. The fourth-order valence-corrected chi connectivity index (χ4v) is 5.28. The standard InChI is InChI=1S/C21H21F2N3OS/c22-15-8-9-18(23)16(13-15)20-25-26(19(27)7-3-4-12-24)21(28-20)11-10-14-5-1-2-6-17(14)21/h1-2,5-6,8-9,13H,3-4,7,10-12,24H2. The summed E-state index contributed by atoms with van der Waals surface area (Å²) in [5, 5.41) is 6.33. The van der Waals surface area contributed by atoms with Crippen LogP contribution in [0.25, 0.3) is 0 Å². The number of carbonyl (C=O) groups excluding carboxylic acids is 1. The summed E-state index contributed by atoms with van der Waals surface area (Å²) in [5.74, 6) is -1.20. The van der Waals surface area contributed by atoms with E-state index in [9.17, 15) is 13.6 Å². The Balaban J connectivity index is 1.75. The number of rotatable bonds is 5. The van der Waals surface area contributed by atoms with Gasteiger partial charge in [-0.15, -0.1) is 0 Å². The maximum Gasteiger partial charge on any atom is 0.244 e. The van der Waals surface area contributed by atoms with Crippen LogP contribution in [0.15, 0.2) is 47.6 Å². The Morgan fingerprint density at radius 1 is 1.21 bits per heavy atom. The minimum Gasteiger partial charge on any atom is -0.330 e. The van der Waals surface area contributed by atoms with Crippen molar-refractivity contribution < 1.29 is 13.6 Å². The van der Waals surface area contributed by atoms with Crippen molar-refractivity contribution in [2.75, 3.05) is 6.54 Å². The van der Waals surface area contributed by atoms with Crippen LogP contribution in [0.1, 0.15) is 42.4 Å². The van der Waals surface area contributed by atoms with Crippen molar-refractivity contribution in [1.82, 2.24) is 5.01 Å². The summed E-state index contributed by atoms with van der Waals surface area (Å²) in [7, 11) is 0. The zero-order valence-corrected chi connectivity index (χ0v) is 16.1.